The quantitative estimate of drug-likeness (QED) is 0.304. The zero-order valence-corrected chi connectivity index (χ0v) is 19.7. The molecule has 0 bridgehead atoms. The van der Waals surface area contributed by atoms with Crippen LogP contribution >= 0.6 is 24.0 Å². The summed E-state index contributed by atoms with van der Waals surface area (Å²) in [6, 6.07) is 0. The molecule has 1 aliphatic heterocycles. The van der Waals surface area contributed by atoms with Crippen molar-refractivity contribution in [3.63, 3.8) is 0 Å². The summed E-state index contributed by atoms with van der Waals surface area (Å²) in [4.78, 5) is 7.06. The smallest absolute Gasteiger partial charge is 0.191 e. The van der Waals surface area contributed by atoms with Gasteiger partial charge in [-0.1, -0.05) is 20.3 Å². The Bertz CT molecular complexity index is 533. The van der Waals surface area contributed by atoms with Gasteiger partial charge < -0.3 is 10.6 Å². The van der Waals surface area contributed by atoms with E-state index in [2.05, 4.69) is 36.3 Å². The monoisotopic (exact) mass is 500 g/mol. The topological polar surface area (TPSA) is 73.8 Å². The Balaban J connectivity index is 0.00000338. The Morgan fingerprint density at radius 3 is 2.35 bits per heavy atom. The van der Waals surface area contributed by atoms with Crippen LogP contribution in [-0.2, 0) is 9.84 Å². The van der Waals surface area contributed by atoms with Crippen LogP contribution in [-0.4, -0.2) is 70.1 Å². The van der Waals surface area contributed by atoms with Gasteiger partial charge in [-0.15, -0.1) is 24.0 Å². The highest BCUT2D eigenvalue weighted by molar-refractivity contribution is 14.0. The third-order valence-electron chi connectivity index (χ3n) is 5.33. The van der Waals surface area contributed by atoms with Crippen LogP contribution in [0.15, 0.2) is 4.99 Å². The third-order valence-corrected chi connectivity index (χ3v) is 6.94. The Labute approximate surface area is 176 Å². The zero-order valence-electron chi connectivity index (χ0n) is 16.6. The molecule has 0 amide bonds. The molecule has 0 atom stereocenters. The van der Waals surface area contributed by atoms with Crippen molar-refractivity contribution in [1.29, 1.82) is 0 Å². The van der Waals surface area contributed by atoms with Crippen LogP contribution in [0.4, 0.5) is 0 Å². The van der Waals surface area contributed by atoms with Gasteiger partial charge in [-0.2, -0.15) is 0 Å². The number of aliphatic imine (C=N–C) groups is 1. The van der Waals surface area contributed by atoms with Gasteiger partial charge in [-0.05, 0) is 37.5 Å². The van der Waals surface area contributed by atoms with Crippen LogP contribution in [0.3, 0.4) is 0 Å². The van der Waals surface area contributed by atoms with E-state index in [0.29, 0.717) is 30.0 Å². The molecule has 0 spiro atoms. The van der Waals surface area contributed by atoms with Crippen LogP contribution < -0.4 is 10.6 Å². The van der Waals surface area contributed by atoms with Gasteiger partial charge in [0.2, 0.25) is 0 Å². The third kappa shape index (κ3) is 7.88. The summed E-state index contributed by atoms with van der Waals surface area (Å²) in [7, 11) is -2.80. The molecule has 1 aliphatic carbocycles. The van der Waals surface area contributed by atoms with Crippen LogP contribution in [0, 0.1) is 11.3 Å². The minimum absolute atomic E-state index is 0. The molecule has 2 N–H and O–H groups in total. The molecule has 2 aliphatic rings. The molecular weight excluding hydrogens is 463 g/mol. The number of nitrogens with zero attached hydrogens (tertiary/aromatic N) is 2. The van der Waals surface area contributed by atoms with E-state index >= 15 is 0 Å². The average molecular weight is 500 g/mol. The van der Waals surface area contributed by atoms with Gasteiger partial charge in [-0.3, -0.25) is 9.89 Å². The lowest BCUT2D eigenvalue weighted by Gasteiger charge is -2.42. The molecule has 26 heavy (non-hydrogen) atoms. The number of sulfone groups is 1. The molecule has 2 fully saturated rings. The lowest BCUT2D eigenvalue weighted by Crippen LogP contribution is -2.46. The van der Waals surface area contributed by atoms with Gasteiger partial charge >= 0.3 is 0 Å². The highest BCUT2D eigenvalue weighted by atomic mass is 127. The van der Waals surface area contributed by atoms with Crippen LogP contribution in [0.25, 0.3) is 0 Å². The fraction of sp³-hybridized carbons (Fsp3) is 0.944. The van der Waals surface area contributed by atoms with E-state index in [1.807, 2.05) is 0 Å². The standard InChI is InChI=1S/C18H36N4O2S.HI/c1-4-19-17(21-15-18(6-5-7-18)14-16(2)3)20-8-9-22-10-12-25(23,24)13-11-22;/h16H,4-15H2,1-3H3,(H2,19,20,21);1H. The second-order valence-electron chi connectivity index (χ2n) is 8.07. The van der Waals surface area contributed by atoms with E-state index in [0.717, 1.165) is 38.1 Å². The maximum absolute atomic E-state index is 11.5. The molecule has 1 heterocycles. The normalized spacial score (nSPS) is 22.4. The van der Waals surface area contributed by atoms with Gasteiger partial charge in [-0.25, -0.2) is 8.42 Å². The molecule has 0 aromatic heterocycles. The van der Waals surface area contributed by atoms with E-state index in [-0.39, 0.29) is 24.0 Å². The van der Waals surface area contributed by atoms with Crippen LogP contribution in [0.5, 0.6) is 0 Å². The van der Waals surface area contributed by atoms with Gasteiger partial charge in [0.15, 0.2) is 15.8 Å². The SMILES string of the molecule is CCNC(=NCC1(CC(C)C)CCC1)NCCN1CCS(=O)(=O)CC1.I. The lowest BCUT2D eigenvalue weighted by atomic mass is 9.64. The predicted molar refractivity (Wildman–Crippen MR) is 120 cm³/mol. The summed E-state index contributed by atoms with van der Waals surface area (Å²) in [5, 5.41) is 6.74. The van der Waals surface area contributed by atoms with E-state index in [9.17, 15) is 8.42 Å². The van der Waals surface area contributed by atoms with Crippen molar-refractivity contribution in [2.45, 2.75) is 46.5 Å². The fourth-order valence-electron chi connectivity index (χ4n) is 3.86. The Morgan fingerprint density at radius 1 is 1.19 bits per heavy atom. The Hall–Kier alpha value is -0.0900. The summed E-state index contributed by atoms with van der Waals surface area (Å²) in [6.45, 7) is 11.4. The average Bonchev–Trinajstić information content (AvgIpc) is 2.51. The molecule has 0 radical (unpaired) electrons. The first-order valence-corrected chi connectivity index (χ1v) is 11.6. The van der Waals surface area contributed by atoms with Gasteiger partial charge in [0, 0.05) is 39.3 Å². The van der Waals surface area contributed by atoms with Crippen molar-refractivity contribution in [3.05, 3.63) is 0 Å². The van der Waals surface area contributed by atoms with Gasteiger partial charge in [0.05, 0.1) is 11.5 Å². The maximum atomic E-state index is 11.5. The summed E-state index contributed by atoms with van der Waals surface area (Å²) < 4.78 is 23.0. The molecule has 1 saturated carbocycles. The molecular formula is C18H37IN4O2S. The highest BCUT2D eigenvalue weighted by Gasteiger charge is 2.37. The molecule has 0 unspecified atom stereocenters. The summed E-state index contributed by atoms with van der Waals surface area (Å²) in [5.41, 5.74) is 0.414. The summed E-state index contributed by atoms with van der Waals surface area (Å²) in [6.07, 6.45) is 5.20. The number of guanidine groups is 1. The van der Waals surface area contributed by atoms with Crippen LogP contribution in [0.1, 0.15) is 46.5 Å². The minimum Gasteiger partial charge on any atom is -0.357 e. The summed E-state index contributed by atoms with van der Waals surface area (Å²) >= 11 is 0. The van der Waals surface area contributed by atoms with Crippen LogP contribution in [0.2, 0.25) is 0 Å². The Kier molecular flexibility index (Phi) is 10.2. The lowest BCUT2D eigenvalue weighted by molar-refractivity contribution is 0.111. The molecule has 0 aromatic rings. The molecule has 0 aromatic carbocycles. The van der Waals surface area contributed by atoms with E-state index in [4.69, 9.17) is 4.99 Å². The van der Waals surface area contributed by atoms with Crippen molar-refractivity contribution in [2.24, 2.45) is 16.3 Å². The minimum atomic E-state index is -2.80. The van der Waals surface area contributed by atoms with Crippen molar-refractivity contribution < 1.29 is 8.42 Å². The largest absolute Gasteiger partial charge is 0.357 e. The maximum Gasteiger partial charge on any atom is 0.191 e. The first kappa shape index (κ1) is 23.9. The van der Waals surface area contributed by atoms with Crippen molar-refractivity contribution in [3.8, 4) is 0 Å². The van der Waals surface area contributed by atoms with E-state index in [1.165, 1.54) is 25.7 Å². The van der Waals surface area contributed by atoms with E-state index in [1.54, 1.807) is 0 Å². The Morgan fingerprint density at radius 2 is 1.85 bits per heavy atom. The first-order valence-electron chi connectivity index (χ1n) is 9.79. The molecule has 154 valence electrons. The molecule has 8 heteroatoms. The molecule has 1 saturated heterocycles. The molecule has 6 nitrogen and oxygen atoms in total. The number of halogens is 1. The second kappa shape index (κ2) is 11.0. The number of rotatable bonds is 8. The fourth-order valence-corrected chi connectivity index (χ4v) is 5.14. The zero-order chi connectivity index (χ0) is 18.3. The number of hydrogen-bond acceptors (Lipinski definition) is 4. The highest BCUT2D eigenvalue weighted by Crippen LogP contribution is 2.46. The number of hydrogen-bond donors (Lipinski definition) is 2. The number of nitrogens with one attached hydrogen (secondary N) is 2. The van der Waals surface area contributed by atoms with Crippen molar-refractivity contribution in [2.75, 3.05) is 50.8 Å². The van der Waals surface area contributed by atoms with E-state index < -0.39 is 9.84 Å². The van der Waals surface area contributed by atoms with Gasteiger partial charge in [0.25, 0.3) is 0 Å². The predicted octanol–water partition coefficient (Wildman–Crippen LogP) is 2.11. The second-order valence-corrected chi connectivity index (χ2v) is 10.4. The van der Waals surface area contributed by atoms with Gasteiger partial charge in [0.1, 0.15) is 0 Å². The summed E-state index contributed by atoms with van der Waals surface area (Å²) in [5.74, 6) is 2.20. The first-order chi connectivity index (χ1) is 11.8. The molecule has 2 rings (SSSR count). The van der Waals surface area contributed by atoms with Crippen molar-refractivity contribution >= 4 is 39.8 Å². The van der Waals surface area contributed by atoms with Crippen molar-refractivity contribution in [1.82, 2.24) is 15.5 Å².